The summed E-state index contributed by atoms with van der Waals surface area (Å²) in [6.07, 6.45) is 2.14. The zero-order valence-corrected chi connectivity index (χ0v) is 13.1. The molecule has 0 bridgehead atoms. The van der Waals surface area contributed by atoms with Crippen molar-refractivity contribution in [3.8, 4) is 0 Å². The normalized spacial score (nSPS) is 18.2. The Morgan fingerprint density at radius 1 is 1.25 bits per heavy atom. The Hall–Kier alpha value is -0.690. The minimum absolute atomic E-state index is 0.0385. The standard InChI is InChI=1S/C14H29N3O3/c1-16(2)7-4-8-17(9-12-19-3)13(18)14(15)5-10-20-11-6-14/h4-12,15H2,1-3H3. The highest BCUT2D eigenvalue weighted by atomic mass is 16.5. The number of hydrogen-bond donors (Lipinski definition) is 1. The van der Waals surface area contributed by atoms with E-state index in [-0.39, 0.29) is 5.91 Å². The first-order valence-electron chi connectivity index (χ1n) is 7.29. The molecule has 20 heavy (non-hydrogen) atoms. The van der Waals surface area contributed by atoms with Crippen LogP contribution in [-0.2, 0) is 14.3 Å². The van der Waals surface area contributed by atoms with E-state index >= 15 is 0 Å². The number of nitrogens with zero attached hydrogens (tertiary/aromatic N) is 2. The van der Waals surface area contributed by atoms with Crippen molar-refractivity contribution < 1.29 is 14.3 Å². The number of ether oxygens (including phenoxy) is 2. The number of carbonyl (C=O) groups is 1. The third-order valence-corrected chi connectivity index (χ3v) is 3.70. The van der Waals surface area contributed by atoms with Gasteiger partial charge in [-0.1, -0.05) is 0 Å². The van der Waals surface area contributed by atoms with Crippen LogP contribution in [0.5, 0.6) is 0 Å². The molecule has 0 atom stereocenters. The van der Waals surface area contributed by atoms with Gasteiger partial charge in [-0.25, -0.2) is 0 Å². The highest BCUT2D eigenvalue weighted by molar-refractivity contribution is 5.86. The molecule has 0 saturated carbocycles. The number of nitrogens with two attached hydrogens (primary N) is 1. The molecule has 6 heteroatoms. The minimum atomic E-state index is -0.760. The first-order valence-corrected chi connectivity index (χ1v) is 7.29. The van der Waals surface area contributed by atoms with Gasteiger partial charge in [-0.3, -0.25) is 4.79 Å². The zero-order valence-electron chi connectivity index (χ0n) is 13.1. The molecule has 1 fully saturated rings. The van der Waals surface area contributed by atoms with Crippen LogP contribution >= 0.6 is 0 Å². The van der Waals surface area contributed by atoms with E-state index in [0.717, 1.165) is 19.5 Å². The molecule has 0 unspecified atom stereocenters. The van der Waals surface area contributed by atoms with E-state index in [1.54, 1.807) is 7.11 Å². The molecule has 6 nitrogen and oxygen atoms in total. The minimum Gasteiger partial charge on any atom is -0.383 e. The predicted octanol–water partition coefficient (Wildman–Crippen LogP) is -0.0790. The molecule has 0 aromatic heterocycles. The maximum absolute atomic E-state index is 12.7. The molecule has 0 spiro atoms. The van der Waals surface area contributed by atoms with E-state index in [1.807, 2.05) is 19.0 Å². The van der Waals surface area contributed by atoms with Crippen molar-refractivity contribution in [3.05, 3.63) is 0 Å². The molecule has 1 heterocycles. The third kappa shape index (κ3) is 5.36. The van der Waals surface area contributed by atoms with Gasteiger partial charge in [-0.2, -0.15) is 0 Å². The summed E-state index contributed by atoms with van der Waals surface area (Å²) in [7, 11) is 5.71. The van der Waals surface area contributed by atoms with Gasteiger partial charge in [0.1, 0.15) is 0 Å². The van der Waals surface area contributed by atoms with E-state index in [2.05, 4.69) is 4.90 Å². The Morgan fingerprint density at radius 2 is 1.90 bits per heavy atom. The van der Waals surface area contributed by atoms with Gasteiger partial charge in [0.25, 0.3) is 0 Å². The molecule has 1 rings (SSSR count). The highest BCUT2D eigenvalue weighted by Crippen LogP contribution is 2.20. The summed E-state index contributed by atoms with van der Waals surface area (Å²) < 4.78 is 10.4. The monoisotopic (exact) mass is 287 g/mol. The summed E-state index contributed by atoms with van der Waals surface area (Å²) in [5, 5.41) is 0. The molecule has 2 N–H and O–H groups in total. The summed E-state index contributed by atoms with van der Waals surface area (Å²) >= 11 is 0. The quantitative estimate of drug-likeness (QED) is 0.676. The number of hydrogen-bond acceptors (Lipinski definition) is 5. The van der Waals surface area contributed by atoms with Crippen LogP contribution in [0.15, 0.2) is 0 Å². The number of rotatable bonds is 8. The van der Waals surface area contributed by atoms with Crippen LogP contribution in [0.4, 0.5) is 0 Å². The van der Waals surface area contributed by atoms with Gasteiger partial charge >= 0.3 is 0 Å². The van der Waals surface area contributed by atoms with Gasteiger partial charge in [-0.05, 0) is 39.9 Å². The Labute approximate surface area is 122 Å². The lowest BCUT2D eigenvalue weighted by Crippen LogP contribution is -2.58. The molecule has 1 aliphatic heterocycles. The second kappa shape index (κ2) is 8.56. The van der Waals surface area contributed by atoms with Crippen molar-refractivity contribution in [3.63, 3.8) is 0 Å². The predicted molar refractivity (Wildman–Crippen MR) is 78.6 cm³/mol. The van der Waals surface area contributed by atoms with E-state index in [1.165, 1.54) is 0 Å². The van der Waals surface area contributed by atoms with Crippen molar-refractivity contribution >= 4 is 5.91 Å². The molecule has 0 radical (unpaired) electrons. The third-order valence-electron chi connectivity index (χ3n) is 3.70. The average Bonchev–Trinajstić information content (AvgIpc) is 2.42. The fraction of sp³-hybridized carbons (Fsp3) is 0.929. The highest BCUT2D eigenvalue weighted by Gasteiger charge is 2.38. The molecule has 0 aromatic rings. The first kappa shape index (κ1) is 17.4. The average molecular weight is 287 g/mol. The lowest BCUT2D eigenvalue weighted by Gasteiger charge is -2.37. The Kier molecular flexibility index (Phi) is 7.43. The van der Waals surface area contributed by atoms with Crippen LogP contribution in [-0.4, -0.2) is 81.9 Å². The van der Waals surface area contributed by atoms with Gasteiger partial charge in [-0.15, -0.1) is 0 Å². The van der Waals surface area contributed by atoms with Crippen molar-refractivity contribution in [1.29, 1.82) is 0 Å². The molecule has 0 aliphatic carbocycles. The van der Waals surface area contributed by atoms with Crippen molar-refractivity contribution in [2.75, 3.05) is 60.7 Å². The Bertz CT molecular complexity index is 291. The fourth-order valence-electron chi connectivity index (χ4n) is 2.36. The lowest BCUT2D eigenvalue weighted by atomic mass is 9.89. The van der Waals surface area contributed by atoms with Crippen LogP contribution < -0.4 is 5.73 Å². The van der Waals surface area contributed by atoms with Crippen molar-refractivity contribution in [2.24, 2.45) is 5.73 Å². The summed E-state index contributed by atoms with van der Waals surface area (Å²) in [4.78, 5) is 16.6. The van der Waals surface area contributed by atoms with E-state index in [0.29, 0.717) is 39.2 Å². The summed E-state index contributed by atoms with van der Waals surface area (Å²) in [6.45, 7) is 3.95. The van der Waals surface area contributed by atoms with Crippen LogP contribution in [0, 0.1) is 0 Å². The van der Waals surface area contributed by atoms with Gasteiger partial charge in [0, 0.05) is 33.4 Å². The number of methoxy groups -OCH3 is 1. The first-order chi connectivity index (χ1) is 9.49. The summed E-state index contributed by atoms with van der Waals surface area (Å²) in [6, 6.07) is 0. The van der Waals surface area contributed by atoms with Gasteiger partial charge in [0.2, 0.25) is 5.91 Å². The SMILES string of the molecule is COCCN(CCCN(C)C)C(=O)C1(N)CCOCC1. The number of carbonyl (C=O) groups excluding carboxylic acids is 1. The van der Waals surface area contributed by atoms with E-state index in [9.17, 15) is 4.79 Å². The molecule has 118 valence electrons. The van der Waals surface area contributed by atoms with Gasteiger partial charge in [0.05, 0.1) is 12.1 Å². The molecule has 1 saturated heterocycles. The van der Waals surface area contributed by atoms with Gasteiger partial charge < -0.3 is 25.0 Å². The van der Waals surface area contributed by atoms with Crippen LogP contribution in [0.2, 0.25) is 0 Å². The maximum Gasteiger partial charge on any atom is 0.242 e. The van der Waals surface area contributed by atoms with E-state index < -0.39 is 5.54 Å². The molecule has 1 amide bonds. The second-order valence-corrected chi connectivity index (χ2v) is 5.71. The van der Waals surface area contributed by atoms with Crippen molar-refractivity contribution in [1.82, 2.24) is 9.80 Å². The van der Waals surface area contributed by atoms with E-state index in [4.69, 9.17) is 15.2 Å². The molecule has 0 aromatic carbocycles. The van der Waals surface area contributed by atoms with Crippen LogP contribution in [0.1, 0.15) is 19.3 Å². The Balaban J connectivity index is 2.57. The van der Waals surface area contributed by atoms with Gasteiger partial charge in [0.15, 0.2) is 0 Å². The lowest BCUT2D eigenvalue weighted by molar-refractivity contribution is -0.141. The smallest absolute Gasteiger partial charge is 0.242 e. The zero-order chi connectivity index (χ0) is 15.0. The Morgan fingerprint density at radius 3 is 2.45 bits per heavy atom. The maximum atomic E-state index is 12.7. The largest absolute Gasteiger partial charge is 0.383 e. The molecule has 1 aliphatic rings. The molecular formula is C14H29N3O3. The summed E-state index contributed by atoms with van der Waals surface area (Å²) in [5.74, 6) is 0.0385. The van der Waals surface area contributed by atoms with Crippen molar-refractivity contribution in [2.45, 2.75) is 24.8 Å². The second-order valence-electron chi connectivity index (χ2n) is 5.71. The summed E-state index contributed by atoms with van der Waals surface area (Å²) in [5.41, 5.74) is 5.52. The topological polar surface area (TPSA) is 68.0 Å². The van der Waals surface area contributed by atoms with Crippen LogP contribution in [0.3, 0.4) is 0 Å². The molecular weight excluding hydrogens is 258 g/mol. The number of amides is 1. The van der Waals surface area contributed by atoms with Crippen LogP contribution in [0.25, 0.3) is 0 Å². The fourth-order valence-corrected chi connectivity index (χ4v) is 2.36.